The molecule has 0 unspecified atom stereocenters. The van der Waals surface area contributed by atoms with E-state index in [-0.39, 0.29) is 5.41 Å². The summed E-state index contributed by atoms with van der Waals surface area (Å²) in [5, 5.41) is 9.28. The predicted octanol–water partition coefficient (Wildman–Crippen LogP) is 2.83. The molecule has 1 aromatic rings. The van der Waals surface area contributed by atoms with Gasteiger partial charge in [-0.25, -0.2) is 0 Å². The van der Waals surface area contributed by atoms with Gasteiger partial charge >= 0.3 is 0 Å². The van der Waals surface area contributed by atoms with Crippen LogP contribution in [-0.2, 0) is 5.41 Å². The molecule has 1 aromatic carbocycles. The van der Waals surface area contributed by atoms with Gasteiger partial charge in [-0.2, -0.15) is 5.26 Å². The van der Waals surface area contributed by atoms with Gasteiger partial charge in [-0.1, -0.05) is 37.1 Å². The van der Waals surface area contributed by atoms with Crippen molar-refractivity contribution in [3.63, 3.8) is 0 Å². The lowest BCUT2D eigenvalue weighted by Gasteiger charge is -2.20. The van der Waals surface area contributed by atoms with E-state index in [0.717, 1.165) is 37.5 Å². The Hall–Kier alpha value is -1.62. The quantitative estimate of drug-likeness (QED) is 0.687. The highest BCUT2D eigenvalue weighted by atomic mass is 16.1. The molecule has 76 valence electrons. The van der Waals surface area contributed by atoms with Gasteiger partial charge in [-0.15, -0.1) is 0 Å². The summed E-state index contributed by atoms with van der Waals surface area (Å²) in [6.45, 7) is 0. The van der Waals surface area contributed by atoms with Crippen molar-refractivity contribution in [3.8, 4) is 6.07 Å². The van der Waals surface area contributed by atoms with Crippen LogP contribution in [0.5, 0.6) is 0 Å². The first-order valence-corrected chi connectivity index (χ1v) is 5.28. The molecule has 15 heavy (non-hydrogen) atoms. The van der Waals surface area contributed by atoms with E-state index in [9.17, 15) is 10.1 Å². The van der Waals surface area contributed by atoms with Crippen LogP contribution in [0.2, 0.25) is 0 Å². The van der Waals surface area contributed by atoms with Crippen LogP contribution < -0.4 is 0 Å². The summed E-state index contributed by atoms with van der Waals surface area (Å²) in [6, 6.07) is 9.86. The van der Waals surface area contributed by atoms with E-state index in [1.165, 1.54) is 0 Å². The molecule has 1 aliphatic rings. The zero-order valence-corrected chi connectivity index (χ0v) is 8.57. The molecule has 1 saturated carbocycles. The number of carbonyl (C=O) groups excluding carboxylic acids is 1. The highest BCUT2D eigenvalue weighted by molar-refractivity contribution is 5.74. The summed E-state index contributed by atoms with van der Waals surface area (Å²) in [5.74, 6) is 0. The molecule has 0 radical (unpaired) electrons. The molecule has 0 amide bonds. The number of hydrogen-bond acceptors (Lipinski definition) is 2. The molecule has 1 aliphatic carbocycles. The molecule has 0 bridgehead atoms. The van der Waals surface area contributed by atoms with Crippen LogP contribution in [0.3, 0.4) is 0 Å². The van der Waals surface area contributed by atoms with Crippen LogP contribution in [0, 0.1) is 11.3 Å². The topological polar surface area (TPSA) is 40.9 Å². The van der Waals surface area contributed by atoms with E-state index in [4.69, 9.17) is 0 Å². The third-order valence-electron chi connectivity index (χ3n) is 3.27. The Bertz CT molecular complexity index is 394. The third-order valence-corrected chi connectivity index (χ3v) is 3.27. The number of carbonyl (C=O) groups is 1. The fourth-order valence-electron chi connectivity index (χ4n) is 2.32. The Morgan fingerprint density at radius 1 is 1.20 bits per heavy atom. The minimum absolute atomic E-state index is 0.290. The minimum Gasteiger partial charge on any atom is -0.298 e. The van der Waals surface area contributed by atoms with Gasteiger partial charge in [0.1, 0.15) is 6.29 Å². The maximum absolute atomic E-state index is 10.5. The highest BCUT2D eigenvalue weighted by Crippen LogP contribution is 2.40. The molecule has 0 spiro atoms. The maximum Gasteiger partial charge on any atom is 0.150 e. The van der Waals surface area contributed by atoms with Crippen molar-refractivity contribution in [1.82, 2.24) is 0 Å². The van der Waals surface area contributed by atoms with Gasteiger partial charge in [0.15, 0.2) is 0 Å². The van der Waals surface area contributed by atoms with Crippen LogP contribution in [0.15, 0.2) is 24.3 Å². The van der Waals surface area contributed by atoms with Crippen LogP contribution in [0.25, 0.3) is 0 Å². The van der Waals surface area contributed by atoms with E-state index in [2.05, 4.69) is 6.07 Å². The number of nitriles is 1. The molecule has 0 aliphatic heterocycles. The van der Waals surface area contributed by atoms with Gasteiger partial charge in [0, 0.05) is 5.56 Å². The average Bonchev–Trinajstić information content (AvgIpc) is 2.79. The van der Waals surface area contributed by atoms with Crippen LogP contribution in [-0.4, -0.2) is 6.29 Å². The lowest BCUT2D eigenvalue weighted by molar-refractivity contribution is 0.112. The van der Waals surface area contributed by atoms with Crippen molar-refractivity contribution in [3.05, 3.63) is 35.4 Å². The Morgan fingerprint density at radius 2 is 1.80 bits per heavy atom. The SMILES string of the molecule is N#CC1(c2ccc(C=O)cc2)CCCC1. The lowest BCUT2D eigenvalue weighted by Crippen LogP contribution is -2.19. The zero-order chi connectivity index (χ0) is 10.7. The van der Waals surface area contributed by atoms with Gasteiger partial charge in [-0.05, 0) is 18.4 Å². The second kappa shape index (κ2) is 3.86. The number of rotatable bonds is 2. The normalized spacial score (nSPS) is 18.3. The molecule has 2 nitrogen and oxygen atoms in total. The average molecular weight is 199 g/mol. The van der Waals surface area contributed by atoms with Gasteiger partial charge in [0.05, 0.1) is 11.5 Å². The Morgan fingerprint density at radius 3 is 2.27 bits per heavy atom. The van der Waals surface area contributed by atoms with Crippen molar-refractivity contribution in [2.75, 3.05) is 0 Å². The monoisotopic (exact) mass is 199 g/mol. The van der Waals surface area contributed by atoms with Crippen molar-refractivity contribution in [2.24, 2.45) is 0 Å². The van der Waals surface area contributed by atoms with Crippen LogP contribution >= 0.6 is 0 Å². The number of aldehydes is 1. The van der Waals surface area contributed by atoms with Gasteiger partial charge in [-0.3, -0.25) is 4.79 Å². The van der Waals surface area contributed by atoms with Gasteiger partial charge in [0.25, 0.3) is 0 Å². The van der Waals surface area contributed by atoms with Crippen molar-refractivity contribution in [1.29, 1.82) is 5.26 Å². The number of benzene rings is 1. The van der Waals surface area contributed by atoms with E-state index >= 15 is 0 Å². The van der Waals surface area contributed by atoms with Crippen molar-refractivity contribution < 1.29 is 4.79 Å². The molecule has 0 N–H and O–H groups in total. The summed E-state index contributed by atoms with van der Waals surface area (Å²) in [5.41, 5.74) is 1.44. The van der Waals surface area contributed by atoms with E-state index in [0.29, 0.717) is 5.56 Å². The molecule has 0 saturated heterocycles. The molecule has 2 heteroatoms. The number of nitrogens with zero attached hydrogens (tertiary/aromatic N) is 1. The fraction of sp³-hybridized carbons (Fsp3) is 0.385. The van der Waals surface area contributed by atoms with Crippen LogP contribution in [0.4, 0.5) is 0 Å². The van der Waals surface area contributed by atoms with Crippen molar-refractivity contribution in [2.45, 2.75) is 31.1 Å². The van der Waals surface area contributed by atoms with Gasteiger partial charge in [0.2, 0.25) is 0 Å². The second-order valence-corrected chi connectivity index (χ2v) is 4.14. The minimum atomic E-state index is -0.290. The summed E-state index contributed by atoms with van der Waals surface area (Å²) >= 11 is 0. The third kappa shape index (κ3) is 1.66. The summed E-state index contributed by atoms with van der Waals surface area (Å²) < 4.78 is 0. The first-order chi connectivity index (χ1) is 7.30. The summed E-state index contributed by atoms with van der Waals surface area (Å²) in [6.07, 6.45) is 4.98. The fourth-order valence-corrected chi connectivity index (χ4v) is 2.32. The zero-order valence-electron chi connectivity index (χ0n) is 8.57. The standard InChI is InChI=1S/C13H13NO/c14-10-13(7-1-2-8-13)12-5-3-11(9-15)4-6-12/h3-6,9H,1-2,7-8H2. The Kier molecular flexibility index (Phi) is 2.55. The van der Waals surface area contributed by atoms with Crippen LogP contribution in [0.1, 0.15) is 41.6 Å². The molecule has 0 aromatic heterocycles. The molecular formula is C13H13NO. The first-order valence-electron chi connectivity index (χ1n) is 5.28. The largest absolute Gasteiger partial charge is 0.298 e. The molecule has 0 atom stereocenters. The summed E-state index contributed by atoms with van der Waals surface area (Å²) in [7, 11) is 0. The molecule has 0 heterocycles. The van der Waals surface area contributed by atoms with E-state index in [1.54, 1.807) is 12.1 Å². The summed E-state index contributed by atoms with van der Waals surface area (Å²) in [4.78, 5) is 10.5. The van der Waals surface area contributed by atoms with E-state index in [1.807, 2.05) is 12.1 Å². The van der Waals surface area contributed by atoms with E-state index < -0.39 is 0 Å². The molecule has 1 fully saturated rings. The number of hydrogen-bond donors (Lipinski definition) is 0. The smallest absolute Gasteiger partial charge is 0.150 e. The molecular weight excluding hydrogens is 186 g/mol. The second-order valence-electron chi connectivity index (χ2n) is 4.14. The first kappa shape index (κ1) is 9.92. The predicted molar refractivity (Wildman–Crippen MR) is 57.6 cm³/mol. The Labute approximate surface area is 89.5 Å². The highest BCUT2D eigenvalue weighted by Gasteiger charge is 2.35. The lowest BCUT2D eigenvalue weighted by atomic mass is 9.80. The Balaban J connectivity index is 2.36. The maximum atomic E-state index is 10.5. The molecule has 2 rings (SSSR count). The van der Waals surface area contributed by atoms with Gasteiger partial charge < -0.3 is 0 Å². The van der Waals surface area contributed by atoms with Crippen molar-refractivity contribution >= 4 is 6.29 Å².